The summed E-state index contributed by atoms with van der Waals surface area (Å²) in [4.78, 5) is 18.0. The normalized spacial score (nSPS) is 16.7. The van der Waals surface area contributed by atoms with E-state index in [-0.39, 0.29) is 5.91 Å². The van der Waals surface area contributed by atoms with Gasteiger partial charge in [0, 0.05) is 44.2 Å². The minimum atomic E-state index is 0.0724. The summed E-state index contributed by atoms with van der Waals surface area (Å²) >= 11 is 0. The number of amides is 1. The molecule has 0 unspecified atom stereocenters. The number of rotatable bonds is 8. The lowest BCUT2D eigenvalue weighted by atomic mass is 10.0. The molecule has 3 aromatic rings. The van der Waals surface area contributed by atoms with Crippen LogP contribution in [0.2, 0.25) is 0 Å². The van der Waals surface area contributed by atoms with E-state index in [1.807, 2.05) is 36.7 Å². The fourth-order valence-corrected chi connectivity index (χ4v) is 4.75. The summed E-state index contributed by atoms with van der Waals surface area (Å²) < 4.78 is 8.16. The highest BCUT2D eigenvalue weighted by Crippen LogP contribution is 2.27. The van der Waals surface area contributed by atoms with Crippen LogP contribution in [0, 0.1) is 0 Å². The number of hydrogen-bond donors (Lipinski definition) is 1. The lowest BCUT2D eigenvalue weighted by Gasteiger charge is -2.32. The number of nitrogens with zero attached hydrogens (tertiary/aromatic N) is 4. The monoisotopic (exact) mass is 457 g/mol. The van der Waals surface area contributed by atoms with Crippen molar-refractivity contribution < 1.29 is 9.53 Å². The van der Waals surface area contributed by atoms with E-state index < -0.39 is 0 Å². The van der Waals surface area contributed by atoms with Crippen molar-refractivity contribution in [1.82, 2.24) is 20.0 Å². The van der Waals surface area contributed by atoms with Gasteiger partial charge in [0.25, 0.3) is 0 Å². The Balaban J connectivity index is 1.13. The van der Waals surface area contributed by atoms with Crippen LogP contribution in [-0.2, 0) is 11.3 Å². The summed E-state index contributed by atoms with van der Waals surface area (Å²) in [6, 6.07) is 14.6. The summed E-state index contributed by atoms with van der Waals surface area (Å²) in [6.07, 6.45) is 8.93. The van der Waals surface area contributed by atoms with Gasteiger partial charge in [0.1, 0.15) is 11.5 Å². The highest BCUT2D eigenvalue weighted by atomic mass is 16.5. The summed E-state index contributed by atoms with van der Waals surface area (Å²) in [5.41, 5.74) is 3.54. The van der Waals surface area contributed by atoms with Gasteiger partial charge in [-0.3, -0.25) is 14.5 Å². The number of nitrogens with one attached hydrogen (secondary N) is 1. The molecule has 0 atom stereocenters. The Kier molecular flexibility index (Phi) is 6.72. The number of carbonyl (C=O) groups excluding carboxylic acids is 1. The van der Waals surface area contributed by atoms with E-state index in [9.17, 15) is 4.79 Å². The predicted molar refractivity (Wildman–Crippen MR) is 135 cm³/mol. The molecule has 3 heterocycles. The van der Waals surface area contributed by atoms with Crippen LogP contribution in [0.1, 0.15) is 31.7 Å². The smallest absolute Gasteiger partial charge is 0.217 e. The Hall–Kier alpha value is -3.45. The molecule has 5 rings (SSSR count). The molecule has 2 aliphatic rings. The number of hydrogen-bond acceptors (Lipinski definition) is 5. The van der Waals surface area contributed by atoms with Crippen molar-refractivity contribution in [3.63, 3.8) is 0 Å². The molecule has 0 saturated carbocycles. The number of benzene rings is 2. The zero-order valence-corrected chi connectivity index (χ0v) is 19.6. The standard InChI is InChI=1S/C27H31N5O2/c1-20(33)30-24-10-15-31(16-11-24)13-2-14-32-27-8-7-26(17-23(27)19-29-32)34-25-5-3-21(4-6-25)22-9-12-28-18-22/h3-9,12,17,19,24H,2,10-11,13-16,18H2,1H3,(H,30,33). The van der Waals surface area contributed by atoms with Gasteiger partial charge in [0.2, 0.25) is 5.91 Å². The van der Waals surface area contributed by atoms with Crippen LogP contribution in [0.5, 0.6) is 11.5 Å². The molecular weight excluding hydrogens is 426 g/mol. The van der Waals surface area contributed by atoms with Crippen LogP contribution < -0.4 is 10.1 Å². The fraction of sp³-hybridized carbons (Fsp3) is 0.370. The van der Waals surface area contributed by atoms with Crippen LogP contribution in [0.15, 0.2) is 59.7 Å². The largest absolute Gasteiger partial charge is 0.457 e. The number of aromatic nitrogens is 2. The maximum Gasteiger partial charge on any atom is 0.217 e. The highest BCUT2D eigenvalue weighted by molar-refractivity contribution is 5.89. The molecule has 0 spiro atoms. The predicted octanol–water partition coefficient (Wildman–Crippen LogP) is 4.29. The zero-order chi connectivity index (χ0) is 23.3. The van der Waals surface area contributed by atoms with Crippen molar-refractivity contribution in [3.05, 3.63) is 60.3 Å². The molecule has 1 saturated heterocycles. The van der Waals surface area contributed by atoms with E-state index in [0.717, 1.165) is 74.4 Å². The van der Waals surface area contributed by atoms with Crippen molar-refractivity contribution in [1.29, 1.82) is 0 Å². The number of carbonyl (C=O) groups is 1. The Labute approximate surface area is 200 Å². The molecule has 34 heavy (non-hydrogen) atoms. The number of piperidine rings is 1. The Morgan fingerprint density at radius 1 is 1.09 bits per heavy atom. The van der Waals surface area contributed by atoms with Gasteiger partial charge in [-0.15, -0.1) is 0 Å². The SMILES string of the molecule is CC(=O)NC1CCN(CCCn2ncc3cc(Oc4ccc(C5=CC=NC5)cc4)ccc32)CC1. The van der Waals surface area contributed by atoms with E-state index in [0.29, 0.717) is 6.04 Å². The molecular formula is C27H31N5O2. The average Bonchev–Trinajstić information content (AvgIpc) is 3.51. The maximum atomic E-state index is 11.2. The first-order valence-corrected chi connectivity index (χ1v) is 12.1. The number of allylic oxidation sites excluding steroid dienone is 1. The summed E-state index contributed by atoms with van der Waals surface area (Å²) in [7, 11) is 0. The first-order valence-electron chi connectivity index (χ1n) is 12.1. The third-order valence-corrected chi connectivity index (χ3v) is 6.56. The van der Waals surface area contributed by atoms with Gasteiger partial charge in [-0.1, -0.05) is 12.1 Å². The molecule has 7 nitrogen and oxygen atoms in total. The maximum absolute atomic E-state index is 11.2. The third kappa shape index (κ3) is 5.37. The van der Waals surface area contributed by atoms with E-state index >= 15 is 0 Å². The van der Waals surface area contributed by atoms with E-state index in [1.54, 1.807) is 6.92 Å². The Bertz CT molecular complexity index is 1200. The molecule has 1 amide bonds. The summed E-state index contributed by atoms with van der Waals surface area (Å²) in [5.74, 6) is 1.70. The second-order valence-corrected chi connectivity index (χ2v) is 9.07. The van der Waals surface area contributed by atoms with Crippen LogP contribution in [-0.4, -0.2) is 59.0 Å². The van der Waals surface area contributed by atoms with Crippen molar-refractivity contribution in [3.8, 4) is 11.5 Å². The van der Waals surface area contributed by atoms with Gasteiger partial charge in [0.05, 0.1) is 18.3 Å². The van der Waals surface area contributed by atoms with Gasteiger partial charge < -0.3 is 15.0 Å². The summed E-state index contributed by atoms with van der Waals surface area (Å²) in [5, 5.41) is 8.72. The Morgan fingerprint density at radius 3 is 2.62 bits per heavy atom. The fourth-order valence-electron chi connectivity index (χ4n) is 4.75. The zero-order valence-electron chi connectivity index (χ0n) is 19.6. The second kappa shape index (κ2) is 10.2. The van der Waals surface area contributed by atoms with Crippen molar-refractivity contribution >= 4 is 28.6 Å². The highest BCUT2D eigenvalue weighted by Gasteiger charge is 2.19. The molecule has 0 radical (unpaired) electrons. The van der Waals surface area contributed by atoms with Crippen molar-refractivity contribution in [2.24, 2.45) is 4.99 Å². The topological polar surface area (TPSA) is 71.8 Å². The van der Waals surface area contributed by atoms with Crippen LogP contribution in [0.4, 0.5) is 0 Å². The van der Waals surface area contributed by atoms with Gasteiger partial charge in [0.15, 0.2) is 0 Å². The molecule has 1 N–H and O–H groups in total. The number of fused-ring (bicyclic) bond motifs is 1. The number of ether oxygens (including phenoxy) is 1. The first kappa shape index (κ1) is 22.3. The van der Waals surface area contributed by atoms with E-state index in [4.69, 9.17) is 4.74 Å². The van der Waals surface area contributed by atoms with Gasteiger partial charge in [-0.2, -0.15) is 5.10 Å². The Morgan fingerprint density at radius 2 is 1.88 bits per heavy atom. The molecule has 2 aromatic carbocycles. The lowest BCUT2D eigenvalue weighted by molar-refractivity contribution is -0.119. The summed E-state index contributed by atoms with van der Waals surface area (Å²) in [6.45, 7) is 6.36. The van der Waals surface area contributed by atoms with Crippen LogP contribution >= 0.6 is 0 Å². The second-order valence-electron chi connectivity index (χ2n) is 9.07. The quantitative estimate of drug-likeness (QED) is 0.548. The molecule has 176 valence electrons. The van der Waals surface area contributed by atoms with Crippen molar-refractivity contribution in [2.45, 2.75) is 38.8 Å². The van der Waals surface area contributed by atoms with Gasteiger partial charge in [-0.25, -0.2) is 0 Å². The minimum absolute atomic E-state index is 0.0724. The van der Waals surface area contributed by atoms with Crippen LogP contribution in [0.25, 0.3) is 16.5 Å². The van der Waals surface area contributed by atoms with E-state index in [2.05, 4.69) is 49.3 Å². The lowest BCUT2D eigenvalue weighted by Crippen LogP contribution is -2.44. The molecule has 0 bridgehead atoms. The number of aryl methyl sites for hydroxylation is 1. The number of likely N-dealkylation sites (tertiary alicyclic amines) is 1. The third-order valence-electron chi connectivity index (χ3n) is 6.56. The van der Waals surface area contributed by atoms with Gasteiger partial charge >= 0.3 is 0 Å². The van der Waals surface area contributed by atoms with Crippen LogP contribution in [0.3, 0.4) is 0 Å². The first-order chi connectivity index (χ1) is 16.6. The minimum Gasteiger partial charge on any atom is -0.457 e. The molecule has 7 heteroatoms. The van der Waals surface area contributed by atoms with E-state index in [1.165, 1.54) is 11.1 Å². The number of aliphatic imine (C=N–C) groups is 1. The molecule has 1 aromatic heterocycles. The molecule has 1 fully saturated rings. The average molecular weight is 458 g/mol. The molecule has 2 aliphatic heterocycles. The van der Waals surface area contributed by atoms with Gasteiger partial charge in [-0.05, 0) is 73.4 Å². The van der Waals surface area contributed by atoms with Crippen molar-refractivity contribution in [2.75, 3.05) is 26.2 Å². The molecule has 0 aliphatic carbocycles.